The van der Waals surface area contributed by atoms with Crippen LogP contribution in [0.15, 0.2) is 60.0 Å². The largest absolute Gasteiger partial charge is 0.312 e. The molecule has 1 aromatic heterocycles. The van der Waals surface area contributed by atoms with Crippen molar-refractivity contribution in [3.63, 3.8) is 0 Å². The van der Waals surface area contributed by atoms with E-state index in [1.165, 1.54) is 0 Å². The van der Waals surface area contributed by atoms with Gasteiger partial charge in [0.15, 0.2) is 0 Å². The van der Waals surface area contributed by atoms with Gasteiger partial charge in [-0.05, 0) is 31.2 Å². The Balaban J connectivity index is 1.74. The molecule has 2 aromatic carbocycles. The molecule has 0 bridgehead atoms. The monoisotopic (exact) mass is 356 g/mol. The van der Waals surface area contributed by atoms with Crippen molar-refractivity contribution in [3.8, 4) is 10.6 Å². The molecule has 0 saturated heterocycles. The van der Waals surface area contributed by atoms with Crippen molar-refractivity contribution in [2.45, 2.75) is 13.3 Å². The Morgan fingerprint density at radius 2 is 1.83 bits per heavy atom. The summed E-state index contributed by atoms with van der Waals surface area (Å²) >= 11 is 7.46. The van der Waals surface area contributed by atoms with Gasteiger partial charge in [0.25, 0.3) is 0 Å². The highest BCUT2D eigenvalue weighted by Gasteiger charge is 2.16. The van der Waals surface area contributed by atoms with Crippen LogP contribution in [0.1, 0.15) is 12.6 Å². The van der Waals surface area contributed by atoms with Gasteiger partial charge in [-0.15, -0.1) is 11.3 Å². The number of hydrogen-bond acceptors (Lipinski definition) is 3. The number of benzene rings is 2. The van der Waals surface area contributed by atoms with Gasteiger partial charge in [-0.2, -0.15) is 0 Å². The predicted molar refractivity (Wildman–Crippen MR) is 101 cm³/mol. The summed E-state index contributed by atoms with van der Waals surface area (Å²) in [6.45, 7) is 2.61. The van der Waals surface area contributed by atoms with E-state index in [1.807, 2.05) is 66.9 Å². The van der Waals surface area contributed by atoms with Gasteiger partial charge in [-0.1, -0.05) is 41.9 Å². The van der Waals surface area contributed by atoms with Crippen LogP contribution in [0.3, 0.4) is 0 Å². The third-order valence-corrected chi connectivity index (χ3v) is 4.85. The highest BCUT2D eigenvalue weighted by atomic mass is 35.5. The first kappa shape index (κ1) is 16.7. The third kappa shape index (κ3) is 3.83. The molecule has 5 heteroatoms. The van der Waals surface area contributed by atoms with Crippen LogP contribution in [0, 0.1) is 0 Å². The van der Waals surface area contributed by atoms with E-state index in [9.17, 15) is 4.79 Å². The maximum atomic E-state index is 12.6. The van der Waals surface area contributed by atoms with Crippen LogP contribution in [0.2, 0.25) is 5.02 Å². The highest BCUT2D eigenvalue weighted by molar-refractivity contribution is 7.13. The van der Waals surface area contributed by atoms with E-state index < -0.39 is 0 Å². The van der Waals surface area contributed by atoms with Crippen molar-refractivity contribution in [2.24, 2.45) is 0 Å². The molecule has 1 amide bonds. The Morgan fingerprint density at radius 3 is 2.50 bits per heavy atom. The summed E-state index contributed by atoms with van der Waals surface area (Å²) in [4.78, 5) is 19.0. The number of halogens is 1. The first-order valence-electron chi connectivity index (χ1n) is 7.73. The van der Waals surface area contributed by atoms with Crippen molar-refractivity contribution in [1.29, 1.82) is 0 Å². The second kappa shape index (κ2) is 7.60. The molecule has 3 aromatic rings. The van der Waals surface area contributed by atoms with Crippen LogP contribution >= 0.6 is 22.9 Å². The van der Waals surface area contributed by atoms with E-state index >= 15 is 0 Å². The van der Waals surface area contributed by atoms with Crippen molar-refractivity contribution in [2.75, 3.05) is 11.4 Å². The number of aromatic nitrogens is 1. The number of nitrogens with zero attached hydrogens (tertiary/aromatic N) is 2. The molecular formula is C19H17ClN2OS. The Kier molecular flexibility index (Phi) is 5.28. The van der Waals surface area contributed by atoms with Crippen LogP contribution in [0.4, 0.5) is 5.69 Å². The maximum Gasteiger partial charge on any atom is 0.233 e. The smallest absolute Gasteiger partial charge is 0.233 e. The van der Waals surface area contributed by atoms with Gasteiger partial charge in [0.2, 0.25) is 5.91 Å². The minimum Gasteiger partial charge on any atom is -0.312 e. The van der Waals surface area contributed by atoms with Crippen LogP contribution in [0.25, 0.3) is 10.6 Å². The van der Waals surface area contributed by atoms with Crippen LogP contribution in [-0.2, 0) is 11.2 Å². The number of thiazole rings is 1. The Hall–Kier alpha value is -2.17. The minimum absolute atomic E-state index is 0.0525. The second-order valence-corrected chi connectivity index (χ2v) is 6.60. The molecule has 122 valence electrons. The molecule has 0 unspecified atom stereocenters. The van der Waals surface area contributed by atoms with Gasteiger partial charge in [0, 0.05) is 28.2 Å². The normalized spacial score (nSPS) is 10.6. The van der Waals surface area contributed by atoms with Gasteiger partial charge in [-0.25, -0.2) is 4.98 Å². The number of hydrogen-bond donors (Lipinski definition) is 0. The van der Waals surface area contributed by atoms with E-state index in [4.69, 9.17) is 11.6 Å². The minimum atomic E-state index is 0.0525. The molecule has 1 heterocycles. The summed E-state index contributed by atoms with van der Waals surface area (Å²) < 4.78 is 0. The molecule has 0 atom stereocenters. The number of likely N-dealkylation sites (N-methyl/N-ethyl adjacent to an activating group) is 1. The molecule has 0 spiro atoms. The van der Waals surface area contributed by atoms with Crippen LogP contribution in [-0.4, -0.2) is 17.4 Å². The van der Waals surface area contributed by atoms with E-state index in [2.05, 4.69) is 4.98 Å². The highest BCUT2D eigenvalue weighted by Crippen LogP contribution is 2.25. The van der Waals surface area contributed by atoms with Gasteiger partial charge in [-0.3, -0.25) is 4.79 Å². The fourth-order valence-corrected chi connectivity index (χ4v) is 3.43. The van der Waals surface area contributed by atoms with Crippen molar-refractivity contribution in [3.05, 3.63) is 70.7 Å². The summed E-state index contributed by atoms with van der Waals surface area (Å²) in [6.07, 6.45) is 0.298. The van der Waals surface area contributed by atoms with E-state index in [1.54, 1.807) is 16.2 Å². The first-order valence-corrected chi connectivity index (χ1v) is 8.99. The number of para-hydroxylation sites is 1. The van der Waals surface area contributed by atoms with Gasteiger partial charge in [0.05, 0.1) is 12.1 Å². The average Bonchev–Trinajstić information content (AvgIpc) is 3.05. The number of carbonyl (C=O) groups excluding carboxylic acids is 1. The van der Waals surface area contributed by atoms with E-state index in [0.717, 1.165) is 22.0 Å². The zero-order valence-corrected chi connectivity index (χ0v) is 14.8. The number of carbonyl (C=O) groups is 1. The number of anilines is 1. The Morgan fingerprint density at radius 1 is 1.12 bits per heavy atom. The summed E-state index contributed by atoms with van der Waals surface area (Å²) in [5.74, 6) is 0.0525. The molecule has 0 saturated carbocycles. The molecular weight excluding hydrogens is 340 g/mol. The average molecular weight is 357 g/mol. The Labute approximate surface area is 150 Å². The summed E-state index contributed by atoms with van der Waals surface area (Å²) in [5.41, 5.74) is 2.72. The predicted octanol–water partition coefficient (Wildman–Crippen LogP) is 5.06. The lowest BCUT2D eigenvalue weighted by Gasteiger charge is -2.20. The zero-order chi connectivity index (χ0) is 16.9. The lowest BCUT2D eigenvalue weighted by atomic mass is 10.2. The standard InChI is InChI=1S/C19H17ClN2OS/c1-2-22(17-6-4-3-5-7-17)18(23)12-16-13-24-19(21-16)14-8-10-15(20)11-9-14/h3-11,13H,2,12H2,1H3. The summed E-state index contributed by atoms with van der Waals surface area (Å²) in [5, 5.41) is 3.55. The van der Waals surface area contributed by atoms with Crippen LogP contribution in [0.5, 0.6) is 0 Å². The van der Waals surface area contributed by atoms with Gasteiger partial charge < -0.3 is 4.90 Å². The quantitative estimate of drug-likeness (QED) is 0.640. The lowest BCUT2D eigenvalue weighted by Crippen LogP contribution is -2.32. The zero-order valence-electron chi connectivity index (χ0n) is 13.3. The molecule has 0 aliphatic heterocycles. The van der Waals surface area contributed by atoms with Crippen molar-refractivity contribution in [1.82, 2.24) is 4.98 Å². The van der Waals surface area contributed by atoms with Crippen LogP contribution < -0.4 is 4.90 Å². The number of amides is 1. The van der Waals surface area contributed by atoms with Crippen molar-refractivity contribution < 1.29 is 4.79 Å². The summed E-state index contributed by atoms with van der Waals surface area (Å²) in [7, 11) is 0. The fourth-order valence-electron chi connectivity index (χ4n) is 2.47. The second-order valence-electron chi connectivity index (χ2n) is 5.30. The van der Waals surface area contributed by atoms with E-state index in [-0.39, 0.29) is 5.91 Å². The molecule has 3 rings (SSSR count). The molecule has 0 radical (unpaired) electrons. The topological polar surface area (TPSA) is 33.2 Å². The van der Waals surface area contributed by atoms with Gasteiger partial charge in [0.1, 0.15) is 5.01 Å². The first-order chi connectivity index (χ1) is 11.7. The lowest BCUT2D eigenvalue weighted by molar-refractivity contribution is -0.118. The maximum absolute atomic E-state index is 12.6. The SMILES string of the molecule is CCN(C(=O)Cc1csc(-c2ccc(Cl)cc2)n1)c1ccccc1. The third-order valence-electron chi connectivity index (χ3n) is 3.66. The molecule has 24 heavy (non-hydrogen) atoms. The number of rotatable bonds is 5. The van der Waals surface area contributed by atoms with E-state index in [0.29, 0.717) is 18.0 Å². The van der Waals surface area contributed by atoms with Gasteiger partial charge >= 0.3 is 0 Å². The fraction of sp³-hybridized carbons (Fsp3) is 0.158. The molecule has 0 fully saturated rings. The molecule has 3 nitrogen and oxygen atoms in total. The van der Waals surface area contributed by atoms with Crippen molar-refractivity contribution >= 4 is 34.5 Å². The summed E-state index contributed by atoms with van der Waals surface area (Å²) in [6, 6.07) is 17.3. The molecule has 0 aliphatic rings. The molecule has 0 N–H and O–H groups in total. The molecule has 0 aliphatic carbocycles. The Bertz CT molecular complexity index is 815.